The first-order valence-electron chi connectivity index (χ1n) is 11.1. The van der Waals surface area contributed by atoms with Crippen molar-refractivity contribution in [2.75, 3.05) is 31.3 Å². The summed E-state index contributed by atoms with van der Waals surface area (Å²) < 4.78 is 72.6. The SMILES string of the molecule is COCC1(S(=O)(=O)N2CCc3nc(Cl)nc(N[C@H](C)c4cc(N)cc(C(F)(F)F)c4)c3C2)CCC1. The van der Waals surface area contributed by atoms with E-state index < -0.39 is 32.6 Å². The van der Waals surface area contributed by atoms with Gasteiger partial charge in [-0.15, -0.1) is 0 Å². The van der Waals surface area contributed by atoms with Crippen molar-refractivity contribution in [2.45, 2.75) is 56.1 Å². The van der Waals surface area contributed by atoms with Crippen LogP contribution in [0.1, 0.15) is 54.6 Å². The van der Waals surface area contributed by atoms with Crippen molar-refractivity contribution in [3.8, 4) is 0 Å². The van der Waals surface area contributed by atoms with Crippen LogP contribution in [0.15, 0.2) is 18.2 Å². The van der Waals surface area contributed by atoms with Gasteiger partial charge in [-0.05, 0) is 55.1 Å². The monoisotopic (exact) mass is 533 g/mol. The van der Waals surface area contributed by atoms with Crippen LogP contribution in [-0.2, 0) is 33.9 Å². The Morgan fingerprint density at radius 1 is 1.29 bits per heavy atom. The van der Waals surface area contributed by atoms with E-state index in [0.717, 1.165) is 18.6 Å². The molecule has 1 fully saturated rings. The fraction of sp³-hybridized carbons (Fsp3) is 0.545. The molecular weight excluding hydrogens is 507 g/mol. The summed E-state index contributed by atoms with van der Waals surface area (Å²) in [7, 11) is -2.19. The summed E-state index contributed by atoms with van der Waals surface area (Å²) in [5, 5.41) is 3.06. The van der Waals surface area contributed by atoms with Gasteiger partial charge in [-0.2, -0.15) is 17.5 Å². The molecule has 13 heteroatoms. The zero-order valence-electron chi connectivity index (χ0n) is 19.3. The number of nitrogens with zero attached hydrogens (tertiary/aromatic N) is 3. The van der Waals surface area contributed by atoms with Crippen molar-refractivity contribution in [3.05, 3.63) is 45.9 Å². The predicted octanol–water partition coefficient (Wildman–Crippen LogP) is 4.16. The van der Waals surface area contributed by atoms with E-state index in [1.807, 2.05) is 0 Å². The number of halogens is 4. The summed E-state index contributed by atoms with van der Waals surface area (Å²) >= 11 is 6.11. The number of rotatable bonds is 7. The average molecular weight is 534 g/mol. The van der Waals surface area contributed by atoms with Crippen LogP contribution < -0.4 is 11.1 Å². The number of aromatic nitrogens is 2. The normalized spacial score (nSPS) is 19.0. The summed E-state index contributed by atoms with van der Waals surface area (Å²) in [4.78, 5) is 8.50. The van der Waals surface area contributed by atoms with Gasteiger partial charge in [0.25, 0.3) is 0 Å². The topological polar surface area (TPSA) is 110 Å². The third-order valence-electron chi connectivity index (χ3n) is 6.72. The Balaban J connectivity index is 1.64. The summed E-state index contributed by atoms with van der Waals surface area (Å²) in [6.07, 6.45) is -2.34. The maximum absolute atomic E-state index is 13.5. The van der Waals surface area contributed by atoms with Gasteiger partial charge in [0.2, 0.25) is 15.3 Å². The maximum atomic E-state index is 13.5. The Labute approximate surface area is 207 Å². The third kappa shape index (κ3) is 4.93. The molecule has 1 aliphatic carbocycles. The van der Waals surface area contributed by atoms with Crippen LogP contribution in [-0.4, -0.2) is 47.7 Å². The van der Waals surface area contributed by atoms with Crippen molar-refractivity contribution in [2.24, 2.45) is 0 Å². The van der Waals surface area contributed by atoms with Crippen molar-refractivity contribution in [1.29, 1.82) is 0 Å². The molecule has 0 unspecified atom stereocenters. The van der Waals surface area contributed by atoms with Gasteiger partial charge < -0.3 is 15.8 Å². The number of fused-ring (bicyclic) bond motifs is 1. The first-order chi connectivity index (χ1) is 16.4. The summed E-state index contributed by atoms with van der Waals surface area (Å²) in [5.41, 5.74) is 6.28. The third-order valence-corrected chi connectivity index (χ3v) is 9.50. The molecule has 0 spiro atoms. The van der Waals surface area contributed by atoms with Crippen LogP contribution in [0.2, 0.25) is 5.28 Å². The molecule has 1 aliphatic heterocycles. The number of anilines is 2. The van der Waals surface area contributed by atoms with E-state index in [1.54, 1.807) is 6.92 Å². The molecule has 0 radical (unpaired) electrons. The van der Waals surface area contributed by atoms with E-state index in [1.165, 1.54) is 17.5 Å². The molecule has 1 atom stereocenters. The quantitative estimate of drug-likeness (QED) is 0.406. The van der Waals surface area contributed by atoms with Crippen LogP contribution in [0.4, 0.5) is 24.7 Å². The van der Waals surface area contributed by atoms with E-state index in [9.17, 15) is 21.6 Å². The van der Waals surface area contributed by atoms with Gasteiger partial charge in [0, 0.05) is 37.9 Å². The number of alkyl halides is 3. The summed E-state index contributed by atoms with van der Waals surface area (Å²) in [6, 6.07) is 2.71. The van der Waals surface area contributed by atoms with Crippen LogP contribution in [0.25, 0.3) is 0 Å². The number of sulfonamides is 1. The van der Waals surface area contributed by atoms with Crippen molar-refractivity contribution >= 4 is 33.1 Å². The predicted molar refractivity (Wildman–Crippen MR) is 126 cm³/mol. The highest BCUT2D eigenvalue weighted by atomic mass is 35.5. The first kappa shape index (κ1) is 25.9. The molecule has 8 nitrogen and oxygen atoms in total. The van der Waals surface area contributed by atoms with Gasteiger partial charge in [0.1, 0.15) is 10.6 Å². The van der Waals surface area contributed by atoms with Crippen LogP contribution in [0, 0.1) is 0 Å². The molecule has 2 aromatic rings. The molecule has 35 heavy (non-hydrogen) atoms. The lowest BCUT2D eigenvalue weighted by Gasteiger charge is -2.44. The molecule has 192 valence electrons. The second kappa shape index (κ2) is 9.38. The fourth-order valence-electron chi connectivity index (χ4n) is 4.65. The molecule has 1 saturated carbocycles. The van der Waals surface area contributed by atoms with E-state index in [-0.39, 0.29) is 36.5 Å². The second-order valence-corrected chi connectivity index (χ2v) is 11.7. The number of ether oxygens (including phenoxy) is 1. The Bertz CT molecular complexity index is 1220. The van der Waals surface area contributed by atoms with Crippen molar-refractivity contribution in [1.82, 2.24) is 14.3 Å². The molecule has 0 saturated heterocycles. The zero-order valence-corrected chi connectivity index (χ0v) is 20.9. The number of hydrogen-bond acceptors (Lipinski definition) is 7. The number of nitrogen functional groups attached to an aromatic ring is 1. The van der Waals surface area contributed by atoms with Crippen LogP contribution in [0.5, 0.6) is 0 Å². The molecule has 2 aliphatic rings. The van der Waals surface area contributed by atoms with Gasteiger partial charge in [0.05, 0.1) is 23.9 Å². The van der Waals surface area contributed by atoms with E-state index in [0.29, 0.717) is 36.1 Å². The second-order valence-electron chi connectivity index (χ2n) is 9.08. The average Bonchev–Trinajstić information content (AvgIpc) is 2.74. The lowest BCUT2D eigenvalue weighted by atomic mass is 9.85. The Kier molecular flexibility index (Phi) is 6.95. The Morgan fingerprint density at radius 2 is 2.00 bits per heavy atom. The highest BCUT2D eigenvalue weighted by molar-refractivity contribution is 7.90. The van der Waals surface area contributed by atoms with Crippen LogP contribution >= 0.6 is 11.6 Å². The Hall–Kier alpha value is -2.15. The van der Waals surface area contributed by atoms with Gasteiger partial charge in [-0.25, -0.2) is 18.4 Å². The molecule has 4 rings (SSSR count). The zero-order chi connectivity index (χ0) is 25.6. The minimum Gasteiger partial charge on any atom is -0.399 e. The standard InChI is InChI=1S/C22H27ClF3N5O3S/c1-13(14-8-15(22(24,25)26)10-16(27)9-14)28-19-17-11-31(7-4-18(17)29-20(23)30-19)35(32,33)21(12-34-2)5-3-6-21/h8-10,13H,3-7,11-12,27H2,1-2H3,(H,28,29,30)/t13-/m1/s1. The van der Waals surface area contributed by atoms with Crippen LogP contribution in [0.3, 0.4) is 0 Å². The molecular formula is C22H27ClF3N5O3S. The largest absolute Gasteiger partial charge is 0.416 e. The molecule has 3 N–H and O–H groups in total. The number of benzene rings is 1. The molecule has 2 heterocycles. The minimum atomic E-state index is -4.55. The smallest absolute Gasteiger partial charge is 0.399 e. The summed E-state index contributed by atoms with van der Waals surface area (Å²) in [5.74, 6) is 0.276. The highest BCUT2D eigenvalue weighted by Gasteiger charge is 2.52. The fourth-order valence-corrected chi connectivity index (χ4v) is 7.08. The molecule has 1 aromatic carbocycles. The molecule has 0 bridgehead atoms. The van der Waals surface area contributed by atoms with Gasteiger partial charge in [0.15, 0.2) is 0 Å². The van der Waals surface area contributed by atoms with E-state index >= 15 is 0 Å². The van der Waals surface area contributed by atoms with Crippen molar-refractivity contribution < 1.29 is 26.3 Å². The first-order valence-corrected chi connectivity index (χ1v) is 13.0. The molecule has 1 aromatic heterocycles. The van der Waals surface area contributed by atoms with Gasteiger partial charge in [-0.3, -0.25) is 0 Å². The summed E-state index contributed by atoms with van der Waals surface area (Å²) in [6.45, 7) is 2.05. The highest BCUT2D eigenvalue weighted by Crippen LogP contribution is 2.43. The lowest BCUT2D eigenvalue weighted by molar-refractivity contribution is -0.137. The van der Waals surface area contributed by atoms with E-state index in [2.05, 4.69) is 15.3 Å². The number of methoxy groups -OCH3 is 1. The number of hydrogen-bond donors (Lipinski definition) is 2. The van der Waals surface area contributed by atoms with Gasteiger partial charge in [-0.1, -0.05) is 6.42 Å². The Morgan fingerprint density at radius 3 is 2.60 bits per heavy atom. The minimum absolute atomic E-state index is 0.0209. The van der Waals surface area contributed by atoms with Crippen molar-refractivity contribution in [3.63, 3.8) is 0 Å². The van der Waals surface area contributed by atoms with E-state index in [4.69, 9.17) is 22.1 Å². The number of nitrogens with two attached hydrogens (primary N) is 1. The maximum Gasteiger partial charge on any atom is 0.416 e. The number of nitrogens with one attached hydrogen (secondary N) is 1. The molecule has 0 amide bonds. The van der Waals surface area contributed by atoms with Gasteiger partial charge >= 0.3 is 6.18 Å². The lowest BCUT2D eigenvalue weighted by Crippen LogP contribution is -2.56.